The minimum absolute atomic E-state index is 0.110. The zero-order valence-corrected chi connectivity index (χ0v) is 9.73. The third-order valence-corrected chi connectivity index (χ3v) is 2.65. The highest BCUT2D eigenvalue weighted by molar-refractivity contribution is 6.00. The number of fused-ring (bicyclic) bond motifs is 1. The second kappa shape index (κ2) is 3.89. The van der Waals surface area contributed by atoms with Gasteiger partial charge in [0.25, 0.3) is 0 Å². The van der Waals surface area contributed by atoms with Crippen LogP contribution in [0.25, 0.3) is 6.08 Å². The van der Waals surface area contributed by atoms with Crippen molar-refractivity contribution in [3.8, 4) is 11.5 Å². The number of aliphatic hydroxyl groups excluding tert-OH is 1. The molecule has 0 amide bonds. The molecule has 0 fully saturated rings. The number of ether oxygens (including phenoxy) is 1. The molecule has 4 nitrogen and oxygen atoms in total. The number of carbonyl (C=O) groups excluding carboxylic acids is 1. The van der Waals surface area contributed by atoms with Crippen LogP contribution in [0.5, 0.6) is 11.5 Å². The van der Waals surface area contributed by atoms with Crippen molar-refractivity contribution in [2.45, 2.75) is 19.4 Å². The Kier molecular flexibility index (Phi) is 2.67. The van der Waals surface area contributed by atoms with E-state index in [9.17, 15) is 9.90 Å². The average molecular weight is 234 g/mol. The van der Waals surface area contributed by atoms with Gasteiger partial charge >= 0.3 is 0 Å². The summed E-state index contributed by atoms with van der Waals surface area (Å²) in [6, 6.07) is 3.09. The number of hydrogen-bond acceptors (Lipinski definition) is 4. The minimum atomic E-state index is -0.623. The summed E-state index contributed by atoms with van der Waals surface area (Å²) in [5, 5.41) is 18.7. The first-order valence-corrected chi connectivity index (χ1v) is 5.33. The van der Waals surface area contributed by atoms with E-state index in [1.54, 1.807) is 12.1 Å². The average Bonchev–Trinajstić information content (AvgIpc) is 2.27. The predicted molar refractivity (Wildman–Crippen MR) is 63.3 cm³/mol. The maximum absolute atomic E-state index is 11.4. The van der Waals surface area contributed by atoms with E-state index in [1.165, 1.54) is 6.07 Å². The number of aliphatic hydroxyl groups is 1. The van der Waals surface area contributed by atoms with Gasteiger partial charge in [0.1, 0.15) is 23.7 Å². The Balaban J connectivity index is 2.51. The summed E-state index contributed by atoms with van der Waals surface area (Å²) in [6.45, 7) is 3.18. The van der Waals surface area contributed by atoms with Crippen LogP contribution < -0.4 is 4.74 Å². The lowest BCUT2D eigenvalue weighted by atomic mass is 9.98. The maximum Gasteiger partial charge on any atom is 0.191 e. The number of ketones is 1. The van der Waals surface area contributed by atoms with E-state index < -0.39 is 18.0 Å². The van der Waals surface area contributed by atoms with Crippen molar-refractivity contribution in [3.05, 3.63) is 29.3 Å². The van der Waals surface area contributed by atoms with Gasteiger partial charge in [0.2, 0.25) is 0 Å². The van der Waals surface area contributed by atoms with Crippen LogP contribution in [0.3, 0.4) is 0 Å². The van der Waals surface area contributed by atoms with Gasteiger partial charge in [0.05, 0.1) is 11.1 Å². The zero-order chi connectivity index (χ0) is 12.6. The Hall–Kier alpha value is -1.81. The molecule has 0 aromatic heterocycles. The molecule has 1 aliphatic rings. The summed E-state index contributed by atoms with van der Waals surface area (Å²) in [6.07, 6.45) is 3.53. The molecule has 17 heavy (non-hydrogen) atoms. The van der Waals surface area contributed by atoms with E-state index >= 15 is 0 Å². The zero-order valence-electron chi connectivity index (χ0n) is 9.73. The molecule has 1 heterocycles. The first-order valence-electron chi connectivity index (χ1n) is 5.33. The van der Waals surface area contributed by atoms with Gasteiger partial charge in [-0.1, -0.05) is 0 Å². The van der Waals surface area contributed by atoms with Crippen molar-refractivity contribution in [2.24, 2.45) is 0 Å². The van der Waals surface area contributed by atoms with E-state index in [0.29, 0.717) is 11.3 Å². The summed E-state index contributed by atoms with van der Waals surface area (Å²) >= 11 is 0. The lowest BCUT2D eigenvalue weighted by molar-refractivity contribution is 0.0900. The monoisotopic (exact) mass is 234 g/mol. The fourth-order valence-electron chi connectivity index (χ4n) is 1.75. The van der Waals surface area contributed by atoms with Crippen LogP contribution in [0.4, 0.5) is 0 Å². The van der Waals surface area contributed by atoms with Gasteiger partial charge < -0.3 is 14.9 Å². The Morgan fingerprint density at radius 3 is 2.76 bits per heavy atom. The largest absolute Gasteiger partial charge is 0.506 e. The Morgan fingerprint density at radius 1 is 1.41 bits per heavy atom. The van der Waals surface area contributed by atoms with Crippen LogP contribution in [-0.2, 0) is 0 Å². The lowest BCUT2D eigenvalue weighted by Gasteiger charge is -2.28. The number of carbonyl (C=O) groups is 1. The van der Waals surface area contributed by atoms with Crippen molar-refractivity contribution in [1.29, 1.82) is 0 Å². The molecule has 0 radical (unpaired) electrons. The van der Waals surface area contributed by atoms with Gasteiger partial charge in [-0.05, 0) is 38.1 Å². The summed E-state index contributed by atoms with van der Waals surface area (Å²) in [4.78, 5) is 11.4. The molecule has 2 N–H and O–H groups in total. The van der Waals surface area contributed by atoms with Crippen molar-refractivity contribution >= 4 is 11.9 Å². The SMILES string of the molecule is CC1(C)C=Cc2c(ccc(C(=O)CO)c2O)O1. The molecule has 90 valence electrons. The molecule has 0 saturated carbocycles. The van der Waals surface area contributed by atoms with Gasteiger partial charge in [-0.2, -0.15) is 0 Å². The van der Waals surface area contributed by atoms with Crippen molar-refractivity contribution in [1.82, 2.24) is 0 Å². The fourth-order valence-corrected chi connectivity index (χ4v) is 1.75. The third-order valence-electron chi connectivity index (χ3n) is 2.65. The second-order valence-electron chi connectivity index (χ2n) is 4.49. The van der Waals surface area contributed by atoms with E-state index in [1.807, 2.05) is 19.9 Å². The highest BCUT2D eigenvalue weighted by atomic mass is 16.5. The maximum atomic E-state index is 11.4. The molecule has 0 atom stereocenters. The Bertz CT molecular complexity index is 500. The molecular formula is C13H14O4. The third kappa shape index (κ3) is 2.03. The molecular weight excluding hydrogens is 220 g/mol. The topological polar surface area (TPSA) is 66.8 Å². The van der Waals surface area contributed by atoms with Gasteiger partial charge in [0, 0.05) is 0 Å². The van der Waals surface area contributed by atoms with Gasteiger partial charge in [-0.25, -0.2) is 0 Å². The molecule has 0 bridgehead atoms. The van der Waals surface area contributed by atoms with Crippen LogP contribution in [0.1, 0.15) is 29.8 Å². The first-order chi connectivity index (χ1) is 7.94. The second-order valence-corrected chi connectivity index (χ2v) is 4.49. The highest BCUT2D eigenvalue weighted by Crippen LogP contribution is 2.38. The minimum Gasteiger partial charge on any atom is -0.506 e. The molecule has 0 unspecified atom stereocenters. The van der Waals surface area contributed by atoms with Gasteiger partial charge in [0.15, 0.2) is 5.78 Å². The van der Waals surface area contributed by atoms with Crippen LogP contribution in [0.2, 0.25) is 0 Å². The lowest BCUT2D eigenvalue weighted by Crippen LogP contribution is -2.27. The molecule has 1 aromatic carbocycles. The van der Waals surface area contributed by atoms with Gasteiger partial charge in [-0.15, -0.1) is 0 Å². The summed E-state index contributed by atoms with van der Waals surface area (Å²) in [7, 11) is 0. The number of aromatic hydroxyl groups is 1. The molecule has 2 rings (SSSR count). The highest BCUT2D eigenvalue weighted by Gasteiger charge is 2.25. The number of Topliss-reactive ketones (excluding diaryl/α,β-unsaturated/α-hetero) is 1. The predicted octanol–water partition coefficient (Wildman–Crippen LogP) is 1.75. The Labute approximate surface area is 99.2 Å². The molecule has 0 aliphatic carbocycles. The summed E-state index contributed by atoms with van der Waals surface area (Å²) < 4.78 is 5.65. The van der Waals surface area contributed by atoms with Crippen molar-refractivity contribution in [3.63, 3.8) is 0 Å². The molecule has 0 spiro atoms. The standard InChI is InChI=1S/C13H14O4/c1-13(2)6-5-9-11(17-13)4-3-8(12(9)16)10(15)7-14/h3-6,14,16H,7H2,1-2H3. The number of phenols is 1. The van der Waals surface area contributed by atoms with Crippen LogP contribution in [-0.4, -0.2) is 28.2 Å². The smallest absolute Gasteiger partial charge is 0.191 e. The molecule has 1 aliphatic heterocycles. The number of hydrogen-bond donors (Lipinski definition) is 2. The molecule has 0 saturated heterocycles. The van der Waals surface area contributed by atoms with E-state index in [4.69, 9.17) is 9.84 Å². The number of benzene rings is 1. The molecule has 4 heteroatoms. The summed E-state index contributed by atoms with van der Waals surface area (Å²) in [5.41, 5.74) is 0.157. The van der Waals surface area contributed by atoms with Crippen molar-refractivity contribution < 1.29 is 19.7 Å². The van der Waals surface area contributed by atoms with E-state index in [0.717, 1.165) is 0 Å². The van der Waals surface area contributed by atoms with E-state index in [2.05, 4.69) is 0 Å². The van der Waals surface area contributed by atoms with Crippen LogP contribution in [0, 0.1) is 0 Å². The first kappa shape index (κ1) is 11.7. The van der Waals surface area contributed by atoms with E-state index in [-0.39, 0.29) is 11.3 Å². The quantitative estimate of drug-likeness (QED) is 0.765. The summed E-state index contributed by atoms with van der Waals surface area (Å²) in [5.74, 6) is -0.124. The van der Waals surface area contributed by atoms with Crippen molar-refractivity contribution in [2.75, 3.05) is 6.61 Å². The Morgan fingerprint density at radius 2 is 2.12 bits per heavy atom. The van der Waals surface area contributed by atoms with Crippen LogP contribution >= 0.6 is 0 Å². The molecule has 1 aromatic rings. The normalized spacial score (nSPS) is 16.2. The van der Waals surface area contributed by atoms with Gasteiger partial charge in [-0.3, -0.25) is 4.79 Å². The fraction of sp³-hybridized carbons (Fsp3) is 0.308. The number of rotatable bonds is 2. The number of phenolic OH excluding ortho intramolecular Hbond substituents is 1. The van der Waals surface area contributed by atoms with Crippen LogP contribution in [0.15, 0.2) is 18.2 Å².